The van der Waals surface area contributed by atoms with Gasteiger partial charge in [0.2, 0.25) is 0 Å². The summed E-state index contributed by atoms with van der Waals surface area (Å²) in [6, 6.07) is 14.9. The standard InChI is InChI=1S/C19H11Cl2N3O4/c20-16-8-17(21)18(24(25)26)7-15(16)19-6-5-14(28-19)10-23-27-11-13-4-2-1-3-12(13)9-22/h1-8,10H,11H2/b23-10-. The lowest BCUT2D eigenvalue weighted by molar-refractivity contribution is -0.384. The lowest BCUT2D eigenvalue weighted by atomic mass is 10.1. The van der Waals surface area contributed by atoms with Gasteiger partial charge in [0.1, 0.15) is 29.4 Å². The Balaban J connectivity index is 1.73. The summed E-state index contributed by atoms with van der Waals surface area (Å²) in [4.78, 5) is 15.6. The third-order valence-electron chi connectivity index (χ3n) is 3.74. The molecular weight excluding hydrogens is 405 g/mol. The quantitative estimate of drug-likeness (QED) is 0.296. The molecule has 3 rings (SSSR count). The molecule has 7 nitrogen and oxygen atoms in total. The summed E-state index contributed by atoms with van der Waals surface area (Å²) < 4.78 is 5.59. The van der Waals surface area contributed by atoms with Crippen LogP contribution in [0.2, 0.25) is 10.0 Å². The zero-order valence-electron chi connectivity index (χ0n) is 14.1. The number of hydrogen-bond donors (Lipinski definition) is 0. The van der Waals surface area contributed by atoms with Gasteiger partial charge in [-0.1, -0.05) is 46.6 Å². The number of furan rings is 1. The SMILES string of the molecule is N#Cc1ccccc1CO/N=C\c1ccc(-c2cc([N+](=O)[O-])c(Cl)cc2Cl)o1. The van der Waals surface area contributed by atoms with Crippen molar-refractivity contribution in [1.82, 2.24) is 0 Å². The molecule has 0 aliphatic rings. The third-order valence-corrected chi connectivity index (χ3v) is 4.35. The Kier molecular flexibility index (Phi) is 5.94. The Bertz CT molecular complexity index is 1100. The summed E-state index contributed by atoms with van der Waals surface area (Å²) in [6.07, 6.45) is 1.34. The molecule has 0 radical (unpaired) electrons. The maximum Gasteiger partial charge on any atom is 0.288 e. The molecular formula is C19H11Cl2N3O4. The van der Waals surface area contributed by atoms with Gasteiger partial charge in [0.05, 0.1) is 21.6 Å². The van der Waals surface area contributed by atoms with E-state index < -0.39 is 4.92 Å². The summed E-state index contributed by atoms with van der Waals surface area (Å²) in [6.45, 7) is 0.128. The van der Waals surface area contributed by atoms with Gasteiger partial charge in [0, 0.05) is 17.2 Å². The second kappa shape index (κ2) is 8.57. The number of rotatable bonds is 6. The van der Waals surface area contributed by atoms with Gasteiger partial charge in [0.15, 0.2) is 0 Å². The third kappa shape index (κ3) is 4.31. The molecule has 2 aromatic carbocycles. The van der Waals surface area contributed by atoms with Crippen LogP contribution < -0.4 is 0 Å². The predicted octanol–water partition coefficient (Wildman–Crippen LogP) is 5.58. The van der Waals surface area contributed by atoms with Crippen LogP contribution in [0.15, 0.2) is 58.1 Å². The molecule has 0 atom stereocenters. The van der Waals surface area contributed by atoms with Gasteiger partial charge in [-0.05, 0) is 24.3 Å². The molecule has 0 aliphatic carbocycles. The van der Waals surface area contributed by atoms with Gasteiger partial charge in [-0.3, -0.25) is 10.1 Å². The van der Waals surface area contributed by atoms with Crippen molar-refractivity contribution in [3.63, 3.8) is 0 Å². The van der Waals surface area contributed by atoms with E-state index in [-0.39, 0.29) is 22.3 Å². The zero-order valence-corrected chi connectivity index (χ0v) is 15.6. The molecule has 0 saturated carbocycles. The highest BCUT2D eigenvalue weighted by molar-refractivity contribution is 6.37. The first kappa shape index (κ1) is 19.4. The van der Waals surface area contributed by atoms with Crippen molar-refractivity contribution in [3.05, 3.63) is 85.6 Å². The predicted molar refractivity (Wildman–Crippen MR) is 104 cm³/mol. The number of nitriles is 1. The lowest BCUT2D eigenvalue weighted by Gasteiger charge is -2.03. The minimum Gasteiger partial charge on any atom is -0.455 e. The van der Waals surface area contributed by atoms with E-state index in [0.717, 1.165) is 0 Å². The molecule has 0 fully saturated rings. The Morgan fingerprint density at radius 2 is 2.00 bits per heavy atom. The summed E-state index contributed by atoms with van der Waals surface area (Å²) in [5.74, 6) is 0.679. The Morgan fingerprint density at radius 1 is 1.21 bits per heavy atom. The minimum absolute atomic E-state index is 0.0573. The highest BCUT2D eigenvalue weighted by Crippen LogP contribution is 2.37. The molecule has 1 aromatic heterocycles. The van der Waals surface area contributed by atoms with Crippen LogP contribution >= 0.6 is 23.2 Å². The molecule has 0 saturated heterocycles. The van der Waals surface area contributed by atoms with E-state index in [1.165, 1.54) is 18.3 Å². The fraction of sp³-hybridized carbons (Fsp3) is 0.0526. The van der Waals surface area contributed by atoms with E-state index in [2.05, 4.69) is 11.2 Å². The van der Waals surface area contributed by atoms with Crippen LogP contribution in [0, 0.1) is 21.4 Å². The lowest BCUT2D eigenvalue weighted by Crippen LogP contribution is -1.91. The van der Waals surface area contributed by atoms with Crippen LogP contribution in [0.5, 0.6) is 0 Å². The monoisotopic (exact) mass is 415 g/mol. The molecule has 0 aliphatic heterocycles. The fourth-order valence-electron chi connectivity index (χ4n) is 2.38. The molecule has 28 heavy (non-hydrogen) atoms. The largest absolute Gasteiger partial charge is 0.455 e. The first-order chi connectivity index (χ1) is 13.5. The number of nitro benzene ring substituents is 1. The van der Waals surface area contributed by atoms with Crippen molar-refractivity contribution in [2.45, 2.75) is 6.61 Å². The van der Waals surface area contributed by atoms with Gasteiger partial charge in [-0.2, -0.15) is 5.26 Å². The Labute approximate surface area is 169 Å². The van der Waals surface area contributed by atoms with Crippen molar-refractivity contribution >= 4 is 35.1 Å². The van der Waals surface area contributed by atoms with Gasteiger partial charge in [0.25, 0.3) is 5.69 Å². The first-order valence-corrected chi connectivity index (χ1v) is 8.62. The van der Waals surface area contributed by atoms with Crippen LogP contribution in [0.25, 0.3) is 11.3 Å². The van der Waals surface area contributed by atoms with E-state index in [1.54, 1.807) is 36.4 Å². The summed E-state index contributed by atoms with van der Waals surface area (Å²) in [5.41, 5.74) is 1.29. The van der Waals surface area contributed by atoms with Crippen LogP contribution in [0.4, 0.5) is 5.69 Å². The highest BCUT2D eigenvalue weighted by Gasteiger charge is 2.18. The second-order valence-electron chi connectivity index (χ2n) is 5.52. The molecule has 140 valence electrons. The maximum absolute atomic E-state index is 11.0. The second-order valence-corrected chi connectivity index (χ2v) is 6.33. The molecule has 0 spiro atoms. The molecule has 0 N–H and O–H groups in total. The molecule has 1 heterocycles. The average molecular weight is 416 g/mol. The normalized spacial score (nSPS) is 10.8. The summed E-state index contributed by atoms with van der Waals surface area (Å²) in [5, 5.41) is 24.1. The topological polar surface area (TPSA) is 102 Å². The van der Waals surface area contributed by atoms with Gasteiger partial charge < -0.3 is 9.25 Å². The van der Waals surface area contributed by atoms with Crippen molar-refractivity contribution in [3.8, 4) is 17.4 Å². The van der Waals surface area contributed by atoms with E-state index in [1.807, 2.05) is 0 Å². The number of nitrogens with zero attached hydrogens (tertiary/aromatic N) is 3. The summed E-state index contributed by atoms with van der Waals surface area (Å²) >= 11 is 12.0. The molecule has 0 bridgehead atoms. The number of oxime groups is 1. The van der Waals surface area contributed by atoms with Crippen LogP contribution in [0.3, 0.4) is 0 Å². The zero-order chi connectivity index (χ0) is 20.1. The molecule has 0 amide bonds. The van der Waals surface area contributed by atoms with Gasteiger partial charge in [-0.15, -0.1) is 0 Å². The van der Waals surface area contributed by atoms with Crippen molar-refractivity contribution in [1.29, 1.82) is 5.26 Å². The van der Waals surface area contributed by atoms with Gasteiger partial charge >= 0.3 is 0 Å². The van der Waals surface area contributed by atoms with Crippen LogP contribution in [0.1, 0.15) is 16.9 Å². The van der Waals surface area contributed by atoms with Crippen molar-refractivity contribution in [2.75, 3.05) is 0 Å². The van der Waals surface area contributed by atoms with E-state index >= 15 is 0 Å². The molecule has 0 unspecified atom stereocenters. The summed E-state index contributed by atoms with van der Waals surface area (Å²) in [7, 11) is 0. The van der Waals surface area contributed by atoms with Crippen LogP contribution in [-0.4, -0.2) is 11.1 Å². The highest BCUT2D eigenvalue weighted by atomic mass is 35.5. The maximum atomic E-state index is 11.0. The van der Waals surface area contributed by atoms with Crippen molar-refractivity contribution < 1.29 is 14.2 Å². The van der Waals surface area contributed by atoms with E-state index in [9.17, 15) is 10.1 Å². The van der Waals surface area contributed by atoms with Crippen molar-refractivity contribution in [2.24, 2.45) is 5.16 Å². The van der Waals surface area contributed by atoms with E-state index in [0.29, 0.717) is 28.2 Å². The number of hydrogen-bond acceptors (Lipinski definition) is 6. The first-order valence-electron chi connectivity index (χ1n) is 7.86. The van der Waals surface area contributed by atoms with E-state index in [4.69, 9.17) is 37.7 Å². The average Bonchev–Trinajstić information content (AvgIpc) is 3.14. The molecule has 3 aromatic rings. The van der Waals surface area contributed by atoms with Crippen LogP contribution in [-0.2, 0) is 11.4 Å². The number of benzene rings is 2. The Hall–Kier alpha value is -3.34. The number of nitro groups is 1. The minimum atomic E-state index is -0.597. The van der Waals surface area contributed by atoms with Gasteiger partial charge in [-0.25, -0.2) is 0 Å². The fourth-order valence-corrected chi connectivity index (χ4v) is 2.93. The smallest absolute Gasteiger partial charge is 0.288 e. The Morgan fingerprint density at radius 3 is 2.75 bits per heavy atom. The number of halogens is 2. The molecule has 9 heteroatoms.